The van der Waals surface area contributed by atoms with Gasteiger partial charge < -0.3 is 11.1 Å². The standard InChI is InChI=1S/C12H21N3OS2/c13-11(17)7-15-4-1-10(2-5-15)14-12(16)9-3-6-18-8-9/h9-10H,1-8H2,(H2,13,17)(H,14,16). The molecule has 0 aromatic heterocycles. The number of nitrogens with one attached hydrogen (secondary N) is 1. The van der Waals surface area contributed by atoms with Crippen molar-refractivity contribution in [3.8, 4) is 0 Å². The minimum absolute atomic E-state index is 0.240. The largest absolute Gasteiger partial charge is 0.392 e. The Labute approximate surface area is 118 Å². The highest BCUT2D eigenvalue weighted by atomic mass is 32.2. The molecule has 0 radical (unpaired) electrons. The Morgan fingerprint density at radius 1 is 1.39 bits per heavy atom. The second kappa shape index (κ2) is 6.73. The van der Waals surface area contributed by atoms with Crippen LogP contribution in [0.25, 0.3) is 0 Å². The quantitative estimate of drug-likeness (QED) is 0.742. The van der Waals surface area contributed by atoms with Crippen LogP contribution in [0.1, 0.15) is 19.3 Å². The van der Waals surface area contributed by atoms with E-state index in [1.807, 2.05) is 11.8 Å². The molecule has 0 aromatic rings. The molecule has 6 heteroatoms. The molecular weight excluding hydrogens is 266 g/mol. The highest BCUT2D eigenvalue weighted by Crippen LogP contribution is 2.24. The van der Waals surface area contributed by atoms with Crippen LogP contribution < -0.4 is 11.1 Å². The number of piperidine rings is 1. The van der Waals surface area contributed by atoms with E-state index in [2.05, 4.69) is 10.2 Å². The molecule has 0 aliphatic carbocycles. The van der Waals surface area contributed by atoms with Crippen molar-refractivity contribution >= 4 is 34.9 Å². The summed E-state index contributed by atoms with van der Waals surface area (Å²) in [7, 11) is 0. The minimum atomic E-state index is 0.240. The number of carbonyl (C=O) groups is 1. The van der Waals surface area contributed by atoms with Gasteiger partial charge in [0.15, 0.2) is 0 Å². The Balaban J connectivity index is 1.69. The average Bonchev–Trinajstić information content (AvgIpc) is 2.84. The van der Waals surface area contributed by atoms with E-state index in [1.54, 1.807) is 0 Å². The van der Waals surface area contributed by atoms with Crippen molar-refractivity contribution in [2.24, 2.45) is 11.7 Å². The summed E-state index contributed by atoms with van der Waals surface area (Å²) >= 11 is 6.79. The summed E-state index contributed by atoms with van der Waals surface area (Å²) < 4.78 is 0. The van der Waals surface area contributed by atoms with Gasteiger partial charge in [0.1, 0.15) is 0 Å². The van der Waals surface area contributed by atoms with Crippen LogP contribution in [0.3, 0.4) is 0 Å². The van der Waals surface area contributed by atoms with Gasteiger partial charge in [-0.05, 0) is 25.0 Å². The van der Waals surface area contributed by atoms with E-state index in [4.69, 9.17) is 18.0 Å². The maximum Gasteiger partial charge on any atom is 0.224 e. The molecule has 0 saturated carbocycles. The molecule has 0 spiro atoms. The molecule has 2 heterocycles. The smallest absolute Gasteiger partial charge is 0.224 e. The van der Waals surface area contributed by atoms with Gasteiger partial charge in [0.25, 0.3) is 0 Å². The van der Waals surface area contributed by atoms with Crippen molar-refractivity contribution in [1.29, 1.82) is 0 Å². The molecule has 4 nitrogen and oxygen atoms in total. The van der Waals surface area contributed by atoms with Crippen molar-refractivity contribution in [2.75, 3.05) is 31.1 Å². The molecule has 2 aliphatic rings. The summed E-state index contributed by atoms with van der Waals surface area (Å²) in [6, 6.07) is 0.339. The van der Waals surface area contributed by atoms with Gasteiger partial charge in [-0.15, -0.1) is 0 Å². The molecule has 1 amide bonds. The molecule has 2 saturated heterocycles. The van der Waals surface area contributed by atoms with Crippen molar-refractivity contribution in [1.82, 2.24) is 10.2 Å². The lowest BCUT2D eigenvalue weighted by Crippen LogP contribution is -2.47. The van der Waals surface area contributed by atoms with Gasteiger partial charge in [0.2, 0.25) is 5.91 Å². The van der Waals surface area contributed by atoms with Gasteiger partial charge in [-0.1, -0.05) is 12.2 Å². The van der Waals surface area contributed by atoms with Gasteiger partial charge in [0.05, 0.1) is 4.99 Å². The maximum absolute atomic E-state index is 12.0. The third-order valence-corrected chi connectivity index (χ3v) is 4.91. The zero-order valence-corrected chi connectivity index (χ0v) is 12.2. The SMILES string of the molecule is NC(=S)CN1CCC(NC(=O)C2CCSC2)CC1. The van der Waals surface area contributed by atoms with E-state index >= 15 is 0 Å². The van der Waals surface area contributed by atoms with Crippen molar-refractivity contribution in [3.05, 3.63) is 0 Å². The number of carbonyl (C=O) groups excluding carboxylic acids is 1. The van der Waals surface area contributed by atoms with Crippen LogP contribution in [0.15, 0.2) is 0 Å². The molecule has 1 atom stereocenters. The zero-order chi connectivity index (χ0) is 13.0. The molecule has 0 bridgehead atoms. The number of likely N-dealkylation sites (tertiary alicyclic amines) is 1. The first-order chi connectivity index (χ1) is 8.65. The molecule has 1 unspecified atom stereocenters. The summed E-state index contributed by atoms with van der Waals surface area (Å²) in [6.07, 6.45) is 3.05. The predicted molar refractivity (Wildman–Crippen MR) is 79.8 cm³/mol. The summed E-state index contributed by atoms with van der Waals surface area (Å²) in [4.78, 5) is 14.8. The maximum atomic E-state index is 12.0. The Hall–Kier alpha value is -0.330. The third-order valence-electron chi connectivity index (χ3n) is 3.61. The molecule has 102 valence electrons. The Morgan fingerprint density at radius 2 is 2.11 bits per heavy atom. The number of hydrogen-bond donors (Lipinski definition) is 2. The highest BCUT2D eigenvalue weighted by molar-refractivity contribution is 7.99. The average molecular weight is 287 g/mol. The zero-order valence-electron chi connectivity index (χ0n) is 10.6. The van der Waals surface area contributed by atoms with Crippen LogP contribution in [-0.4, -0.2) is 53.0 Å². The van der Waals surface area contributed by atoms with E-state index in [9.17, 15) is 4.79 Å². The number of nitrogens with zero attached hydrogens (tertiary/aromatic N) is 1. The molecule has 3 N–H and O–H groups in total. The van der Waals surface area contributed by atoms with Gasteiger partial charge in [-0.3, -0.25) is 9.69 Å². The molecule has 2 rings (SSSR count). The molecule has 18 heavy (non-hydrogen) atoms. The van der Waals surface area contributed by atoms with E-state index in [0.29, 0.717) is 17.6 Å². The molecule has 0 aromatic carbocycles. The van der Waals surface area contributed by atoms with Gasteiger partial charge in [0, 0.05) is 37.3 Å². The fraction of sp³-hybridized carbons (Fsp3) is 0.833. The van der Waals surface area contributed by atoms with Crippen LogP contribution in [0.2, 0.25) is 0 Å². The lowest BCUT2D eigenvalue weighted by atomic mass is 10.0. The number of hydrogen-bond acceptors (Lipinski definition) is 4. The number of thiocarbonyl (C=S) groups is 1. The van der Waals surface area contributed by atoms with Gasteiger partial charge in [-0.25, -0.2) is 0 Å². The minimum Gasteiger partial charge on any atom is -0.392 e. The summed E-state index contributed by atoms with van der Waals surface area (Å²) in [6.45, 7) is 2.65. The monoisotopic (exact) mass is 287 g/mol. The Kier molecular flexibility index (Phi) is 5.26. The molecular formula is C12H21N3OS2. The third kappa shape index (κ3) is 4.10. The van der Waals surface area contributed by atoms with Crippen LogP contribution in [0, 0.1) is 5.92 Å². The highest BCUT2D eigenvalue weighted by Gasteiger charge is 2.26. The van der Waals surface area contributed by atoms with Crippen LogP contribution in [0.5, 0.6) is 0 Å². The number of nitrogens with two attached hydrogens (primary N) is 1. The first-order valence-electron chi connectivity index (χ1n) is 6.54. The lowest BCUT2D eigenvalue weighted by molar-refractivity contribution is -0.125. The summed E-state index contributed by atoms with van der Waals surface area (Å²) in [5.41, 5.74) is 5.54. The van der Waals surface area contributed by atoms with Crippen molar-refractivity contribution in [3.63, 3.8) is 0 Å². The van der Waals surface area contributed by atoms with E-state index < -0.39 is 0 Å². The number of thioether (sulfide) groups is 1. The van der Waals surface area contributed by atoms with Crippen LogP contribution in [-0.2, 0) is 4.79 Å². The fourth-order valence-electron chi connectivity index (χ4n) is 2.52. The molecule has 2 aliphatic heterocycles. The van der Waals surface area contributed by atoms with E-state index in [-0.39, 0.29) is 11.8 Å². The van der Waals surface area contributed by atoms with Gasteiger partial charge in [-0.2, -0.15) is 11.8 Å². The van der Waals surface area contributed by atoms with Crippen LogP contribution >= 0.6 is 24.0 Å². The second-order valence-electron chi connectivity index (χ2n) is 5.09. The molecule has 2 fully saturated rings. The first-order valence-corrected chi connectivity index (χ1v) is 8.10. The number of rotatable bonds is 4. The summed E-state index contributed by atoms with van der Waals surface area (Å²) in [5, 5.41) is 3.19. The predicted octanol–water partition coefficient (Wildman–Crippen LogP) is 0.606. The second-order valence-corrected chi connectivity index (χ2v) is 6.76. The first kappa shape index (κ1) is 14.1. The van der Waals surface area contributed by atoms with Crippen molar-refractivity contribution < 1.29 is 4.79 Å². The Morgan fingerprint density at radius 3 is 2.67 bits per heavy atom. The normalized spacial score (nSPS) is 26.1. The van der Waals surface area contributed by atoms with Crippen molar-refractivity contribution in [2.45, 2.75) is 25.3 Å². The number of amides is 1. The lowest BCUT2D eigenvalue weighted by Gasteiger charge is -2.32. The van der Waals surface area contributed by atoms with E-state index in [1.165, 1.54) is 0 Å². The fourth-order valence-corrected chi connectivity index (χ4v) is 3.92. The van der Waals surface area contributed by atoms with Crippen LogP contribution in [0.4, 0.5) is 0 Å². The van der Waals surface area contributed by atoms with Gasteiger partial charge >= 0.3 is 0 Å². The van der Waals surface area contributed by atoms with E-state index in [0.717, 1.165) is 43.9 Å². The topological polar surface area (TPSA) is 58.4 Å². The Bertz CT molecular complexity index is 310. The summed E-state index contributed by atoms with van der Waals surface area (Å²) in [5.74, 6) is 2.62.